The van der Waals surface area contributed by atoms with Gasteiger partial charge in [0.15, 0.2) is 0 Å². The van der Waals surface area contributed by atoms with Crippen molar-refractivity contribution in [2.75, 3.05) is 0 Å². The third-order valence-corrected chi connectivity index (χ3v) is 11.9. The highest BCUT2D eigenvalue weighted by atomic mass is 31.2. The second-order valence-electron chi connectivity index (χ2n) is 9.34. The van der Waals surface area contributed by atoms with Gasteiger partial charge in [0.1, 0.15) is 7.14 Å². The van der Waals surface area contributed by atoms with Crippen LogP contribution in [0.4, 0.5) is 0 Å². The molecule has 0 aliphatic heterocycles. The maximum absolute atomic E-state index is 15.3. The van der Waals surface area contributed by atoms with E-state index in [2.05, 4.69) is 66.7 Å². The summed E-state index contributed by atoms with van der Waals surface area (Å²) in [6.07, 6.45) is 12.2. The molecule has 156 valence electrons. The Morgan fingerprint density at radius 3 is 1.80 bits per heavy atom. The molecule has 0 aromatic heterocycles. The van der Waals surface area contributed by atoms with Gasteiger partial charge in [0.05, 0.1) is 0 Å². The Bertz CT molecular complexity index is 1030. The van der Waals surface area contributed by atoms with Gasteiger partial charge in [-0.25, -0.2) is 0 Å². The summed E-state index contributed by atoms with van der Waals surface area (Å²) in [4.78, 5) is 0. The normalized spacial score (nSPS) is 19.2. The van der Waals surface area contributed by atoms with Crippen molar-refractivity contribution in [1.82, 2.24) is 0 Å². The molecule has 2 fully saturated rings. The van der Waals surface area contributed by atoms with Crippen molar-refractivity contribution in [3.05, 3.63) is 66.7 Å². The first-order chi connectivity index (χ1) is 14.8. The van der Waals surface area contributed by atoms with Gasteiger partial charge in [0, 0.05) is 16.6 Å². The molecule has 5 rings (SSSR count). The summed E-state index contributed by atoms with van der Waals surface area (Å²) in [5, 5.41) is 3.71. The summed E-state index contributed by atoms with van der Waals surface area (Å²) in [7, 11) is -2.50. The number of rotatable bonds is 4. The van der Waals surface area contributed by atoms with Gasteiger partial charge in [0.25, 0.3) is 0 Å². The van der Waals surface area contributed by atoms with Crippen LogP contribution >= 0.6 is 7.14 Å². The van der Waals surface area contributed by atoms with Crippen LogP contribution in [0, 0.1) is 0 Å². The smallest absolute Gasteiger partial charge is 0.122 e. The first kappa shape index (κ1) is 20.1. The highest BCUT2D eigenvalue weighted by Gasteiger charge is 2.43. The molecule has 0 N–H and O–H groups in total. The van der Waals surface area contributed by atoms with Crippen molar-refractivity contribution in [2.24, 2.45) is 0 Å². The molecule has 0 spiro atoms. The van der Waals surface area contributed by atoms with Crippen LogP contribution in [0.15, 0.2) is 66.7 Å². The zero-order valence-electron chi connectivity index (χ0n) is 17.9. The largest absolute Gasteiger partial charge is 0.318 e. The van der Waals surface area contributed by atoms with E-state index in [0.29, 0.717) is 11.3 Å². The van der Waals surface area contributed by atoms with Gasteiger partial charge in [-0.15, -0.1) is 0 Å². The topological polar surface area (TPSA) is 17.1 Å². The molecular formula is C28H33OP. The van der Waals surface area contributed by atoms with Crippen molar-refractivity contribution in [3.63, 3.8) is 0 Å². The molecule has 0 heterocycles. The maximum atomic E-state index is 15.3. The Kier molecular flexibility index (Phi) is 5.83. The average molecular weight is 417 g/mol. The van der Waals surface area contributed by atoms with E-state index in [1.807, 2.05) is 0 Å². The highest BCUT2D eigenvalue weighted by Crippen LogP contribution is 2.63. The molecule has 3 aromatic carbocycles. The van der Waals surface area contributed by atoms with Crippen LogP contribution in [0.2, 0.25) is 0 Å². The van der Waals surface area contributed by atoms with E-state index in [1.165, 1.54) is 65.7 Å². The lowest BCUT2D eigenvalue weighted by molar-refractivity contribution is 0.453. The molecule has 2 heteroatoms. The Labute approximate surface area is 181 Å². The molecule has 0 bridgehead atoms. The van der Waals surface area contributed by atoms with Crippen molar-refractivity contribution < 1.29 is 4.57 Å². The molecular weight excluding hydrogens is 383 g/mol. The van der Waals surface area contributed by atoms with Gasteiger partial charge in [-0.05, 0) is 47.6 Å². The molecule has 1 nitrogen and oxygen atoms in total. The molecule has 0 radical (unpaired) electrons. The monoisotopic (exact) mass is 416 g/mol. The van der Waals surface area contributed by atoms with Crippen molar-refractivity contribution in [2.45, 2.75) is 75.5 Å². The minimum atomic E-state index is -2.50. The Morgan fingerprint density at radius 1 is 0.567 bits per heavy atom. The molecule has 0 atom stereocenters. The predicted octanol–water partition coefficient (Wildman–Crippen LogP) is 8.16. The summed E-state index contributed by atoms with van der Waals surface area (Å²) in [5.41, 5.74) is 3.22. The first-order valence-corrected chi connectivity index (χ1v) is 13.8. The number of hydrogen-bond acceptors (Lipinski definition) is 1. The van der Waals surface area contributed by atoms with Gasteiger partial charge in [0.2, 0.25) is 0 Å². The van der Waals surface area contributed by atoms with Crippen LogP contribution < -0.4 is 5.30 Å². The minimum absolute atomic E-state index is 0.380. The second kappa shape index (κ2) is 8.72. The summed E-state index contributed by atoms with van der Waals surface area (Å²) < 4.78 is 15.3. The highest BCUT2D eigenvalue weighted by molar-refractivity contribution is 7.73. The Morgan fingerprint density at radius 2 is 1.10 bits per heavy atom. The zero-order valence-corrected chi connectivity index (χ0v) is 18.8. The van der Waals surface area contributed by atoms with Crippen molar-refractivity contribution >= 4 is 23.2 Å². The second-order valence-corrected chi connectivity index (χ2v) is 12.7. The molecule has 2 saturated carbocycles. The number of hydrogen-bond donors (Lipinski definition) is 0. The van der Waals surface area contributed by atoms with Gasteiger partial charge in [-0.2, -0.15) is 0 Å². The van der Waals surface area contributed by atoms with Gasteiger partial charge < -0.3 is 4.57 Å². The fourth-order valence-electron chi connectivity index (χ4n) is 6.09. The Hall–Kier alpha value is -1.85. The third kappa shape index (κ3) is 3.56. The van der Waals surface area contributed by atoms with Crippen LogP contribution in [0.3, 0.4) is 0 Å². The minimum Gasteiger partial charge on any atom is -0.318 e. The van der Waals surface area contributed by atoms with E-state index >= 15 is 4.57 Å². The summed E-state index contributed by atoms with van der Waals surface area (Å²) >= 11 is 0. The molecule has 3 aromatic rings. The SMILES string of the molecule is O=P(c1ccccc1-c1cccc2ccccc12)(C1CCCCC1)C1CCCCC1. The average Bonchev–Trinajstić information content (AvgIpc) is 2.84. The lowest BCUT2D eigenvalue weighted by Crippen LogP contribution is -2.30. The summed E-state index contributed by atoms with van der Waals surface area (Å²) in [6.45, 7) is 0. The molecule has 30 heavy (non-hydrogen) atoms. The van der Waals surface area contributed by atoms with Crippen molar-refractivity contribution in [1.29, 1.82) is 0 Å². The molecule has 2 aliphatic rings. The van der Waals surface area contributed by atoms with Crippen LogP contribution in [-0.2, 0) is 4.57 Å². The van der Waals surface area contributed by atoms with Gasteiger partial charge in [-0.1, -0.05) is 105 Å². The Balaban J connectivity index is 1.70. The molecule has 2 aliphatic carbocycles. The quantitative estimate of drug-likeness (QED) is 0.392. The van der Waals surface area contributed by atoms with E-state index in [4.69, 9.17) is 0 Å². The van der Waals surface area contributed by atoms with Crippen LogP contribution in [0.25, 0.3) is 21.9 Å². The first-order valence-electron chi connectivity index (χ1n) is 12.0. The van der Waals surface area contributed by atoms with E-state index in [-0.39, 0.29) is 0 Å². The molecule has 0 amide bonds. The van der Waals surface area contributed by atoms with Crippen LogP contribution in [0.1, 0.15) is 64.2 Å². The van der Waals surface area contributed by atoms with E-state index < -0.39 is 7.14 Å². The lowest BCUT2D eigenvalue weighted by atomic mass is 9.98. The van der Waals surface area contributed by atoms with Crippen LogP contribution in [-0.4, -0.2) is 11.3 Å². The zero-order chi connectivity index (χ0) is 20.4. The third-order valence-electron chi connectivity index (χ3n) is 7.59. The van der Waals surface area contributed by atoms with Gasteiger partial charge >= 0.3 is 0 Å². The summed E-state index contributed by atoms with van der Waals surface area (Å²) in [5.74, 6) is 0. The van der Waals surface area contributed by atoms with E-state index in [1.54, 1.807) is 0 Å². The van der Waals surface area contributed by atoms with E-state index in [0.717, 1.165) is 25.7 Å². The number of fused-ring (bicyclic) bond motifs is 1. The van der Waals surface area contributed by atoms with Gasteiger partial charge in [-0.3, -0.25) is 0 Å². The van der Waals surface area contributed by atoms with Crippen molar-refractivity contribution in [3.8, 4) is 11.1 Å². The fourth-order valence-corrected chi connectivity index (χ4v) is 10.6. The lowest BCUT2D eigenvalue weighted by Gasteiger charge is -2.39. The predicted molar refractivity (Wildman–Crippen MR) is 130 cm³/mol. The standard InChI is InChI=1S/C28H33OP/c29-30(23-14-3-1-4-15-23,24-16-5-2-6-17-24)28-21-10-9-19-27(28)26-20-11-13-22-12-7-8-18-25(22)26/h7-13,18-21,23-24H,1-6,14-17H2. The summed E-state index contributed by atoms with van der Waals surface area (Å²) in [6, 6.07) is 23.9. The molecule has 0 unspecified atom stereocenters. The fraction of sp³-hybridized carbons (Fsp3) is 0.429. The maximum Gasteiger partial charge on any atom is 0.122 e. The van der Waals surface area contributed by atoms with Crippen LogP contribution in [0.5, 0.6) is 0 Å². The van der Waals surface area contributed by atoms with E-state index in [9.17, 15) is 0 Å². The number of benzene rings is 3. The molecule has 0 saturated heterocycles.